The lowest BCUT2D eigenvalue weighted by Gasteiger charge is -2.12. The van der Waals surface area contributed by atoms with Gasteiger partial charge in [0, 0.05) is 23.2 Å². The molecular formula is C16H23N3O2. The molecule has 0 radical (unpaired) electrons. The molecule has 0 aromatic heterocycles. The fraction of sp³-hybridized carbons (Fsp3) is 0.500. The van der Waals surface area contributed by atoms with Crippen molar-refractivity contribution in [2.24, 2.45) is 11.7 Å². The molecule has 2 amide bonds. The van der Waals surface area contributed by atoms with Crippen molar-refractivity contribution in [3.63, 3.8) is 0 Å². The van der Waals surface area contributed by atoms with E-state index >= 15 is 0 Å². The van der Waals surface area contributed by atoms with E-state index in [4.69, 9.17) is 5.73 Å². The number of anilines is 1. The van der Waals surface area contributed by atoms with Gasteiger partial charge in [0.2, 0.25) is 5.91 Å². The molecule has 0 bridgehead atoms. The monoisotopic (exact) mass is 289 g/mol. The van der Waals surface area contributed by atoms with Crippen LogP contribution in [0, 0.1) is 5.92 Å². The Morgan fingerprint density at radius 1 is 1.29 bits per heavy atom. The Kier molecular flexibility index (Phi) is 5.33. The van der Waals surface area contributed by atoms with Crippen LogP contribution in [-0.2, 0) is 4.79 Å². The van der Waals surface area contributed by atoms with E-state index in [-0.39, 0.29) is 17.7 Å². The molecule has 0 heterocycles. The van der Waals surface area contributed by atoms with Gasteiger partial charge in [-0.2, -0.15) is 0 Å². The number of nitrogens with one attached hydrogen (secondary N) is 2. The van der Waals surface area contributed by atoms with Gasteiger partial charge in [-0.1, -0.05) is 6.92 Å². The zero-order chi connectivity index (χ0) is 15.2. The maximum Gasteiger partial charge on any atom is 0.251 e. The van der Waals surface area contributed by atoms with Gasteiger partial charge in [-0.25, -0.2) is 0 Å². The summed E-state index contributed by atoms with van der Waals surface area (Å²) in [7, 11) is 0. The highest BCUT2D eigenvalue weighted by Crippen LogP contribution is 2.20. The van der Waals surface area contributed by atoms with Crippen LogP contribution >= 0.6 is 0 Å². The van der Waals surface area contributed by atoms with Crippen LogP contribution in [0.2, 0.25) is 0 Å². The third-order valence-corrected chi connectivity index (χ3v) is 3.62. The number of carbonyl (C=O) groups excluding carboxylic acids is 2. The lowest BCUT2D eigenvalue weighted by atomic mass is 10.0. The van der Waals surface area contributed by atoms with Crippen molar-refractivity contribution in [3.8, 4) is 0 Å². The van der Waals surface area contributed by atoms with Crippen molar-refractivity contribution >= 4 is 17.5 Å². The summed E-state index contributed by atoms with van der Waals surface area (Å²) in [5.74, 6) is -0.128. The second kappa shape index (κ2) is 7.22. The molecule has 4 N–H and O–H groups in total. The van der Waals surface area contributed by atoms with E-state index in [9.17, 15) is 9.59 Å². The Labute approximate surface area is 125 Å². The van der Waals surface area contributed by atoms with Gasteiger partial charge in [0.25, 0.3) is 5.91 Å². The molecule has 1 aromatic carbocycles. The predicted octanol–water partition coefficient (Wildman–Crippen LogP) is 1.89. The SMILES string of the molecule is CC(CCCN)C(=O)Nc1ccc(C(=O)NC2CC2)cc1. The summed E-state index contributed by atoms with van der Waals surface area (Å²) >= 11 is 0. The van der Waals surface area contributed by atoms with Crippen LogP contribution in [0.1, 0.15) is 43.0 Å². The number of hydrogen-bond acceptors (Lipinski definition) is 3. The van der Waals surface area contributed by atoms with Gasteiger partial charge in [0.15, 0.2) is 0 Å². The quantitative estimate of drug-likeness (QED) is 0.716. The smallest absolute Gasteiger partial charge is 0.251 e. The van der Waals surface area contributed by atoms with Crippen LogP contribution in [0.5, 0.6) is 0 Å². The van der Waals surface area contributed by atoms with Gasteiger partial charge in [0.1, 0.15) is 0 Å². The minimum absolute atomic E-state index is 0.0152. The van der Waals surface area contributed by atoms with Gasteiger partial charge in [0.05, 0.1) is 0 Å². The van der Waals surface area contributed by atoms with E-state index < -0.39 is 0 Å². The molecule has 1 atom stereocenters. The minimum Gasteiger partial charge on any atom is -0.349 e. The number of hydrogen-bond donors (Lipinski definition) is 3. The summed E-state index contributed by atoms with van der Waals surface area (Å²) in [6.07, 6.45) is 3.76. The fourth-order valence-corrected chi connectivity index (χ4v) is 2.02. The predicted molar refractivity (Wildman–Crippen MR) is 83.0 cm³/mol. The maximum atomic E-state index is 12.0. The summed E-state index contributed by atoms with van der Waals surface area (Å²) in [5, 5.41) is 5.79. The first-order chi connectivity index (χ1) is 10.1. The largest absolute Gasteiger partial charge is 0.349 e. The topological polar surface area (TPSA) is 84.2 Å². The first-order valence-electron chi connectivity index (χ1n) is 7.52. The Balaban J connectivity index is 1.86. The van der Waals surface area contributed by atoms with E-state index in [0.29, 0.717) is 23.8 Å². The average molecular weight is 289 g/mol. The van der Waals surface area contributed by atoms with Crippen molar-refractivity contribution in [2.45, 2.75) is 38.6 Å². The molecule has 1 unspecified atom stereocenters. The van der Waals surface area contributed by atoms with Gasteiger partial charge < -0.3 is 16.4 Å². The number of nitrogens with two attached hydrogens (primary N) is 1. The Hall–Kier alpha value is -1.88. The molecule has 21 heavy (non-hydrogen) atoms. The highest BCUT2D eigenvalue weighted by atomic mass is 16.2. The molecule has 1 aliphatic carbocycles. The molecule has 1 aromatic rings. The van der Waals surface area contributed by atoms with Crippen molar-refractivity contribution in [1.29, 1.82) is 0 Å². The van der Waals surface area contributed by atoms with Crippen LogP contribution in [0.15, 0.2) is 24.3 Å². The Morgan fingerprint density at radius 3 is 2.52 bits per heavy atom. The molecule has 0 aliphatic heterocycles. The molecule has 5 nitrogen and oxygen atoms in total. The minimum atomic E-state index is -0.0635. The lowest BCUT2D eigenvalue weighted by Crippen LogP contribution is -2.25. The van der Waals surface area contributed by atoms with Crippen LogP contribution < -0.4 is 16.4 Å². The molecule has 1 fully saturated rings. The Morgan fingerprint density at radius 2 is 1.95 bits per heavy atom. The summed E-state index contributed by atoms with van der Waals surface area (Å²) in [4.78, 5) is 23.8. The molecule has 1 aliphatic rings. The number of carbonyl (C=O) groups is 2. The van der Waals surface area contributed by atoms with E-state index in [2.05, 4.69) is 10.6 Å². The summed E-state index contributed by atoms with van der Waals surface area (Å²) < 4.78 is 0. The lowest BCUT2D eigenvalue weighted by molar-refractivity contribution is -0.119. The van der Waals surface area contributed by atoms with E-state index in [1.54, 1.807) is 24.3 Å². The fourth-order valence-electron chi connectivity index (χ4n) is 2.02. The highest BCUT2D eigenvalue weighted by Gasteiger charge is 2.23. The molecule has 1 saturated carbocycles. The third-order valence-electron chi connectivity index (χ3n) is 3.62. The van der Waals surface area contributed by atoms with Gasteiger partial charge in [-0.3, -0.25) is 9.59 Å². The number of rotatable bonds is 7. The number of benzene rings is 1. The van der Waals surface area contributed by atoms with Crippen molar-refractivity contribution in [3.05, 3.63) is 29.8 Å². The zero-order valence-corrected chi connectivity index (χ0v) is 12.4. The van der Waals surface area contributed by atoms with Crippen LogP contribution in [0.3, 0.4) is 0 Å². The molecule has 114 valence electrons. The first-order valence-corrected chi connectivity index (χ1v) is 7.52. The second-order valence-electron chi connectivity index (χ2n) is 5.65. The molecule has 2 rings (SSSR count). The summed E-state index contributed by atoms with van der Waals surface area (Å²) in [5.41, 5.74) is 6.78. The maximum absolute atomic E-state index is 12.0. The van der Waals surface area contributed by atoms with E-state index in [1.165, 1.54) is 0 Å². The first kappa shape index (κ1) is 15.5. The van der Waals surface area contributed by atoms with Gasteiger partial charge in [-0.15, -0.1) is 0 Å². The second-order valence-corrected chi connectivity index (χ2v) is 5.65. The molecule has 0 saturated heterocycles. The van der Waals surface area contributed by atoms with Gasteiger partial charge >= 0.3 is 0 Å². The van der Waals surface area contributed by atoms with Gasteiger partial charge in [-0.05, 0) is 56.5 Å². The average Bonchev–Trinajstić information content (AvgIpc) is 3.29. The molecule has 5 heteroatoms. The number of amides is 2. The third kappa shape index (κ3) is 4.86. The van der Waals surface area contributed by atoms with Crippen molar-refractivity contribution in [2.75, 3.05) is 11.9 Å². The van der Waals surface area contributed by atoms with E-state index in [1.807, 2.05) is 6.92 Å². The zero-order valence-electron chi connectivity index (χ0n) is 12.4. The standard InChI is InChI=1S/C16H23N3O2/c1-11(3-2-10-17)15(20)18-13-6-4-12(5-7-13)16(21)19-14-8-9-14/h4-7,11,14H,2-3,8-10,17H2,1H3,(H,18,20)(H,19,21). The summed E-state index contributed by atoms with van der Waals surface area (Å²) in [6.45, 7) is 2.49. The van der Waals surface area contributed by atoms with Crippen molar-refractivity contribution in [1.82, 2.24) is 5.32 Å². The summed E-state index contributed by atoms with van der Waals surface area (Å²) in [6, 6.07) is 7.33. The van der Waals surface area contributed by atoms with E-state index in [0.717, 1.165) is 25.7 Å². The van der Waals surface area contributed by atoms with Crippen LogP contribution in [-0.4, -0.2) is 24.4 Å². The normalized spacial score (nSPS) is 15.3. The highest BCUT2D eigenvalue weighted by molar-refractivity contribution is 5.96. The van der Waals surface area contributed by atoms with Crippen LogP contribution in [0.4, 0.5) is 5.69 Å². The molecule has 0 spiro atoms. The van der Waals surface area contributed by atoms with Crippen LogP contribution in [0.25, 0.3) is 0 Å². The molecular weight excluding hydrogens is 266 g/mol. The van der Waals surface area contributed by atoms with Crippen molar-refractivity contribution < 1.29 is 9.59 Å². The Bertz CT molecular complexity index is 495.